The van der Waals surface area contributed by atoms with E-state index in [-0.39, 0.29) is 17.9 Å². The number of benzene rings is 2. The number of phenols is 1. The minimum Gasteiger partial charge on any atom is -0.506 e. The second kappa shape index (κ2) is 15.9. The van der Waals surface area contributed by atoms with Gasteiger partial charge in [-0.15, -0.1) is 0 Å². The van der Waals surface area contributed by atoms with Gasteiger partial charge < -0.3 is 14.4 Å². The molecule has 0 radical (unpaired) electrons. The molecule has 57 heavy (non-hydrogen) atoms. The fourth-order valence-corrected chi connectivity index (χ4v) is 6.56. The molecule has 0 bridgehead atoms. The van der Waals surface area contributed by atoms with Crippen LogP contribution in [-0.2, 0) is 6.61 Å². The van der Waals surface area contributed by atoms with Gasteiger partial charge in [-0.05, 0) is 63.2 Å². The van der Waals surface area contributed by atoms with Crippen molar-refractivity contribution in [2.45, 2.75) is 33.4 Å². The number of nitrogens with zero attached hydrogens (tertiary/aromatic N) is 11. The molecule has 0 aliphatic carbocycles. The lowest BCUT2D eigenvalue weighted by Crippen LogP contribution is -2.26. The topological polar surface area (TPSA) is 197 Å². The first-order valence-electron chi connectivity index (χ1n) is 17.4. The second-order valence-corrected chi connectivity index (χ2v) is 13.2. The molecule has 0 aliphatic heterocycles. The average molecular weight is 772 g/mol. The summed E-state index contributed by atoms with van der Waals surface area (Å²) in [7, 11) is 0. The quantitative estimate of drug-likeness (QED) is 0.172. The molecule has 0 saturated carbocycles. The van der Waals surface area contributed by atoms with Crippen LogP contribution in [-0.4, -0.2) is 44.2 Å². The van der Waals surface area contributed by atoms with Gasteiger partial charge in [-0.2, -0.15) is 26.0 Å². The monoisotopic (exact) mass is 771 g/mol. The van der Waals surface area contributed by atoms with Gasteiger partial charge in [0.2, 0.25) is 0 Å². The lowest BCUT2D eigenvalue weighted by molar-refractivity contribution is 0.306. The number of fused-ring (bicyclic) bond motifs is 2. The van der Waals surface area contributed by atoms with Gasteiger partial charge in [-0.25, -0.2) is 19.3 Å². The highest BCUT2D eigenvalue weighted by Crippen LogP contribution is 2.32. The van der Waals surface area contributed by atoms with Gasteiger partial charge in [-0.1, -0.05) is 35.9 Å². The van der Waals surface area contributed by atoms with E-state index in [0.717, 1.165) is 33.5 Å². The first kappa shape index (κ1) is 37.5. The molecule has 6 heterocycles. The summed E-state index contributed by atoms with van der Waals surface area (Å²) in [6.45, 7) is 5.62. The summed E-state index contributed by atoms with van der Waals surface area (Å²) in [6, 6.07) is 24.9. The standard InChI is InChI=1S/C28H20ClN7O2.C14H10N4O/c1-17-11-24(36-15-19(12-30)14-33-36)21-6-3-7-25(27(21)34-17)38-16-22-23(29)8-9-32-26(22)18(2)35-10-4-5-20(13-31)28(35)37;1-9-5-12(18-8-10(6-15)7-16-18)11-3-2-4-13(19)14(11)17-9/h3-11,14-15,18H,16H2,1-2H3;2-5,7-8,19H,1H3. The van der Waals surface area contributed by atoms with E-state index in [0.29, 0.717) is 44.2 Å². The number of nitriles is 3. The van der Waals surface area contributed by atoms with Crippen LogP contribution in [0.3, 0.4) is 0 Å². The van der Waals surface area contributed by atoms with Crippen LogP contribution in [0.25, 0.3) is 33.2 Å². The van der Waals surface area contributed by atoms with Crippen LogP contribution in [0.1, 0.15) is 52.3 Å². The van der Waals surface area contributed by atoms with Gasteiger partial charge in [0.05, 0.1) is 51.7 Å². The molecule has 8 aromatic rings. The normalized spacial score (nSPS) is 11.2. The van der Waals surface area contributed by atoms with Gasteiger partial charge in [0, 0.05) is 52.5 Å². The van der Waals surface area contributed by atoms with Crippen molar-refractivity contribution in [1.82, 2.24) is 39.1 Å². The Hall–Kier alpha value is -7.86. The second-order valence-electron chi connectivity index (χ2n) is 12.8. The third-order valence-electron chi connectivity index (χ3n) is 9.06. The lowest BCUT2D eigenvalue weighted by atomic mass is 10.1. The third-order valence-corrected chi connectivity index (χ3v) is 9.42. The molecule has 0 fully saturated rings. The van der Waals surface area contributed by atoms with E-state index in [1.54, 1.807) is 58.4 Å². The number of phenolic OH excluding ortho intramolecular Hbond substituents is 1. The molecule has 1 unspecified atom stereocenters. The van der Waals surface area contributed by atoms with Crippen LogP contribution in [0.15, 0.2) is 109 Å². The zero-order valence-corrected chi connectivity index (χ0v) is 31.4. The molecule has 0 amide bonds. The molecule has 6 aromatic heterocycles. The number of hydrogen-bond acceptors (Lipinski definition) is 11. The summed E-state index contributed by atoms with van der Waals surface area (Å²) in [4.78, 5) is 26.3. The van der Waals surface area contributed by atoms with E-state index in [1.807, 2.05) is 69.3 Å². The first-order valence-corrected chi connectivity index (χ1v) is 17.7. The van der Waals surface area contributed by atoms with Gasteiger partial charge in [0.25, 0.3) is 5.56 Å². The molecule has 278 valence electrons. The Morgan fingerprint density at radius 1 is 0.825 bits per heavy atom. The van der Waals surface area contributed by atoms with E-state index in [1.165, 1.54) is 23.0 Å². The smallest absolute Gasteiger partial charge is 0.269 e. The van der Waals surface area contributed by atoms with Crippen molar-refractivity contribution in [2.24, 2.45) is 0 Å². The SMILES string of the molecule is Cc1cc(-n2cc(C#N)cn2)c2cccc(O)c2n1.Cc1cc(-n2cc(C#N)cn2)c2cccc(OCc3c(Cl)ccnc3C(C)n3cccc(C#N)c3=O)c2n1. The molecule has 0 saturated heterocycles. The van der Waals surface area contributed by atoms with Crippen LogP contribution in [0.2, 0.25) is 5.02 Å². The van der Waals surface area contributed by atoms with Crippen LogP contribution in [0.4, 0.5) is 0 Å². The molecule has 8 rings (SSSR count). The maximum Gasteiger partial charge on any atom is 0.269 e. The van der Waals surface area contributed by atoms with Crippen molar-refractivity contribution in [1.29, 1.82) is 15.8 Å². The summed E-state index contributed by atoms with van der Waals surface area (Å²) >= 11 is 6.58. The summed E-state index contributed by atoms with van der Waals surface area (Å²) in [5, 5.41) is 47.7. The van der Waals surface area contributed by atoms with Crippen molar-refractivity contribution in [2.75, 3.05) is 0 Å². The van der Waals surface area contributed by atoms with Crippen molar-refractivity contribution in [3.8, 4) is 41.1 Å². The number of halogens is 1. The highest BCUT2D eigenvalue weighted by molar-refractivity contribution is 6.31. The van der Waals surface area contributed by atoms with E-state index < -0.39 is 11.6 Å². The fraction of sp³-hybridized carbons (Fsp3) is 0.119. The molecule has 14 nitrogen and oxygen atoms in total. The third kappa shape index (κ3) is 7.47. The van der Waals surface area contributed by atoms with Crippen LogP contribution < -0.4 is 10.3 Å². The Balaban J connectivity index is 0.000000218. The summed E-state index contributed by atoms with van der Waals surface area (Å²) < 4.78 is 11.0. The Morgan fingerprint density at radius 2 is 1.44 bits per heavy atom. The fourth-order valence-electron chi connectivity index (χ4n) is 6.36. The van der Waals surface area contributed by atoms with Gasteiger partial charge in [0.1, 0.15) is 52.9 Å². The van der Waals surface area contributed by atoms with Crippen molar-refractivity contribution < 1.29 is 9.84 Å². The number of hydrogen-bond donors (Lipinski definition) is 1. The van der Waals surface area contributed by atoms with Crippen molar-refractivity contribution in [3.63, 3.8) is 0 Å². The molecule has 0 aliphatic rings. The van der Waals surface area contributed by atoms with Gasteiger partial charge >= 0.3 is 0 Å². The molecule has 15 heteroatoms. The molecule has 1 N–H and O–H groups in total. The van der Waals surface area contributed by atoms with Crippen molar-refractivity contribution >= 4 is 33.4 Å². The Morgan fingerprint density at radius 3 is 2.05 bits per heavy atom. The lowest BCUT2D eigenvalue weighted by Gasteiger charge is -2.19. The Labute approximate surface area is 330 Å². The zero-order valence-electron chi connectivity index (χ0n) is 30.7. The summed E-state index contributed by atoms with van der Waals surface area (Å²) in [5.41, 5.74) is 6.00. The number of aromatic hydroxyl groups is 1. The molecule has 0 spiro atoms. The molecular weight excluding hydrogens is 742 g/mol. The van der Waals surface area contributed by atoms with Gasteiger partial charge in [0.15, 0.2) is 0 Å². The van der Waals surface area contributed by atoms with Crippen molar-refractivity contribution in [3.05, 3.63) is 159 Å². The summed E-state index contributed by atoms with van der Waals surface area (Å²) in [6.07, 6.45) is 9.52. The van der Waals surface area contributed by atoms with E-state index in [9.17, 15) is 20.4 Å². The maximum atomic E-state index is 12.8. The minimum atomic E-state index is -0.498. The highest BCUT2D eigenvalue weighted by Gasteiger charge is 2.20. The zero-order chi connectivity index (χ0) is 40.2. The number of ether oxygens (including phenoxy) is 1. The van der Waals surface area contributed by atoms with Crippen LogP contribution in [0.5, 0.6) is 11.5 Å². The predicted octanol–water partition coefficient (Wildman–Crippen LogP) is 7.18. The number of aryl methyl sites for hydroxylation is 2. The van der Waals surface area contributed by atoms with Crippen LogP contribution >= 0.6 is 11.6 Å². The number of rotatable bonds is 7. The Kier molecular flexibility index (Phi) is 10.4. The first-order chi connectivity index (χ1) is 27.6. The van der Waals surface area contributed by atoms with Crippen LogP contribution in [0, 0.1) is 47.8 Å². The molecule has 2 aromatic carbocycles. The average Bonchev–Trinajstić information content (AvgIpc) is 3.91. The van der Waals surface area contributed by atoms with E-state index in [2.05, 4.69) is 26.2 Å². The van der Waals surface area contributed by atoms with Gasteiger partial charge in [-0.3, -0.25) is 9.78 Å². The molecular formula is C42H30ClN11O3. The maximum absolute atomic E-state index is 12.8. The predicted molar refractivity (Wildman–Crippen MR) is 211 cm³/mol. The minimum absolute atomic E-state index is 0.0475. The van der Waals surface area contributed by atoms with E-state index >= 15 is 0 Å². The number of para-hydroxylation sites is 2. The Bertz CT molecular complexity index is 3020. The largest absolute Gasteiger partial charge is 0.506 e. The molecule has 1 atom stereocenters. The number of pyridine rings is 4. The van der Waals surface area contributed by atoms with E-state index in [4.69, 9.17) is 26.6 Å². The summed E-state index contributed by atoms with van der Waals surface area (Å²) in [5.74, 6) is 0.664. The number of aromatic nitrogens is 8. The highest BCUT2D eigenvalue weighted by atomic mass is 35.5.